The zero-order valence-electron chi connectivity index (χ0n) is 44.1. The summed E-state index contributed by atoms with van der Waals surface area (Å²) in [5, 5.41) is 24.3. The van der Waals surface area contributed by atoms with Gasteiger partial charge in [0.05, 0.1) is 6.33 Å². The molecule has 3 heterocycles. The number of unbranched alkanes of at least 4 members (excludes halogenated alkanes) is 1. The number of rotatable bonds is 17. The summed E-state index contributed by atoms with van der Waals surface area (Å²) < 4.78 is 0. The number of primary amides is 1. The minimum absolute atomic E-state index is 0.0552. The number of benzene rings is 3. The molecule has 0 saturated carbocycles. The minimum Gasteiger partial charge on any atom is -0.370 e. The molecule has 26 heteroatoms. The lowest BCUT2D eigenvalue weighted by atomic mass is 9.99. The molecule has 24 nitrogen and oxygen atoms in total. The third kappa shape index (κ3) is 18.2. The Hall–Kier alpha value is -8.13. The third-order valence-electron chi connectivity index (χ3n) is 12.9. The van der Waals surface area contributed by atoms with Crippen molar-refractivity contribution in [1.82, 2.24) is 57.5 Å². The van der Waals surface area contributed by atoms with E-state index < -0.39 is 101 Å². The molecule has 0 bridgehead atoms. The molecule has 422 valence electrons. The van der Waals surface area contributed by atoms with Crippen LogP contribution in [0.15, 0.2) is 90.4 Å². The Morgan fingerprint density at radius 1 is 0.722 bits per heavy atom. The smallest absolute Gasteiger partial charge is 0.244 e. The summed E-state index contributed by atoms with van der Waals surface area (Å²) in [5.41, 5.74) is 19.5. The summed E-state index contributed by atoms with van der Waals surface area (Å²) in [6.45, 7) is 4.62. The predicted octanol–water partition coefficient (Wildman–Crippen LogP) is 0.114. The lowest BCUT2D eigenvalue weighted by Crippen LogP contribution is -2.61. The fourth-order valence-corrected chi connectivity index (χ4v) is 11.0. The number of aromatic nitrogens is 3. The third-order valence-corrected chi connectivity index (χ3v) is 15.4. The normalized spacial score (nSPS) is 21.7. The SMILES string of the molecule is CCCC[C@H](NC(C)=O)C(=O)N[C@H]1CSSC[C@@H](C(N)=O)NC(=O)[C@H](Cc2c[nH]c3ccccc23)NC(=O)[C@H](CCCN=C(N)N)NC(=O)[C@@H](Cc2ccc3ccccc3c2)NC(=O)[C@H](Cc2cnc[nH]2)NC(=O)[C@@H](C)NC1=O. The first-order valence-corrected chi connectivity index (χ1v) is 28.4. The van der Waals surface area contributed by atoms with E-state index in [2.05, 4.69) is 62.5 Å². The lowest BCUT2D eigenvalue weighted by Gasteiger charge is -2.27. The van der Waals surface area contributed by atoms with Gasteiger partial charge < -0.3 is 69.7 Å². The standard InChI is InChI=1S/C53H69N15O9S2/c1-4-5-14-38(62-30(3)69)47(72)68-44-27-79-78-26-43(45(54)70)67-50(75)41(22-34-24-59-37-15-9-8-13-36(34)37)66-48(73)39(16-10-19-58-53(55)56)63-49(74)40(21-31-17-18-32-11-6-7-12-33(32)20-31)65-51(76)42(23-35-25-57-28-60-35)64-46(71)29(2)61-52(44)77/h6-9,11-13,15,17-18,20,24-25,28-29,38-44,59H,4-5,10,14,16,19,21-23,26-27H2,1-3H3,(H2,54,70)(H,57,60)(H,61,77)(H,62,69)(H,63,74)(H,64,71)(H,65,76)(H,66,73)(H,67,75)(H,68,72)(H4,55,56,58)/t29-,38+,39+,40-,41+,42+,43+,44+/m1/s1. The topological polar surface area (TPSA) is 385 Å². The van der Waals surface area contributed by atoms with Crippen LogP contribution in [0.5, 0.6) is 0 Å². The maximum atomic E-state index is 14.9. The van der Waals surface area contributed by atoms with E-state index >= 15 is 0 Å². The van der Waals surface area contributed by atoms with E-state index in [0.29, 0.717) is 29.7 Å². The van der Waals surface area contributed by atoms with Gasteiger partial charge in [-0.2, -0.15) is 0 Å². The zero-order valence-corrected chi connectivity index (χ0v) is 45.7. The minimum atomic E-state index is -1.40. The van der Waals surface area contributed by atoms with Crippen LogP contribution in [0.25, 0.3) is 21.7 Å². The fraction of sp³-hybridized carbons (Fsp3) is 0.415. The van der Waals surface area contributed by atoms with Gasteiger partial charge in [-0.3, -0.25) is 48.1 Å². The van der Waals surface area contributed by atoms with E-state index in [-0.39, 0.29) is 62.5 Å². The number of guanidine groups is 1. The number of aromatic amines is 2. The first-order chi connectivity index (χ1) is 37.9. The molecule has 5 aromatic rings. The van der Waals surface area contributed by atoms with Gasteiger partial charge >= 0.3 is 0 Å². The average Bonchev–Trinajstić information content (AvgIpc) is 4.15. The molecule has 1 fully saturated rings. The summed E-state index contributed by atoms with van der Waals surface area (Å²) >= 11 is 0. The number of imidazole rings is 1. The first kappa shape index (κ1) is 60.1. The molecular weight excluding hydrogens is 1050 g/mol. The molecule has 9 amide bonds. The van der Waals surface area contributed by atoms with Crippen LogP contribution >= 0.6 is 21.6 Å². The summed E-state index contributed by atoms with van der Waals surface area (Å²) in [4.78, 5) is 140. The molecule has 0 radical (unpaired) electrons. The quantitative estimate of drug-likeness (QED) is 0.0255. The highest BCUT2D eigenvalue weighted by atomic mass is 33.1. The van der Waals surface area contributed by atoms with Crippen molar-refractivity contribution < 1.29 is 43.2 Å². The van der Waals surface area contributed by atoms with Gasteiger partial charge in [-0.1, -0.05) is 102 Å². The number of nitrogens with two attached hydrogens (primary N) is 3. The molecule has 0 spiro atoms. The fourth-order valence-electron chi connectivity index (χ4n) is 8.71. The zero-order chi connectivity index (χ0) is 57.0. The molecule has 1 aliphatic heterocycles. The monoisotopic (exact) mass is 1120 g/mol. The molecular formula is C53H69N15O9S2. The van der Waals surface area contributed by atoms with Crippen molar-refractivity contribution >= 4 is 102 Å². The number of aliphatic imine (C=N–C) groups is 1. The summed E-state index contributed by atoms with van der Waals surface area (Å²) in [6.07, 6.45) is 5.84. The molecule has 1 saturated heterocycles. The van der Waals surface area contributed by atoms with E-state index in [9.17, 15) is 43.2 Å². The number of nitrogens with one attached hydrogen (secondary N) is 10. The Balaban J connectivity index is 1.40. The molecule has 8 atom stereocenters. The average molecular weight is 1120 g/mol. The Morgan fingerprint density at radius 3 is 2.06 bits per heavy atom. The number of hydrogen-bond acceptors (Lipinski definition) is 13. The van der Waals surface area contributed by atoms with Gasteiger partial charge in [-0.05, 0) is 54.2 Å². The number of para-hydroxylation sites is 1. The number of fused-ring (bicyclic) bond motifs is 2. The number of hydrogen-bond donors (Lipinski definition) is 13. The maximum absolute atomic E-state index is 14.9. The Kier molecular flexibility index (Phi) is 22.5. The molecule has 2 aromatic heterocycles. The van der Waals surface area contributed by atoms with Gasteiger partial charge in [-0.25, -0.2) is 4.98 Å². The van der Waals surface area contributed by atoms with E-state index in [1.807, 2.05) is 67.6 Å². The number of carbonyl (C=O) groups excluding carboxylic acids is 9. The molecule has 1 aliphatic rings. The Morgan fingerprint density at radius 2 is 1.37 bits per heavy atom. The highest BCUT2D eigenvalue weighted by molar-refractivity contribution is 8.76. The summed E-state index contributed by atoms with van der Waals surface area (Å²) in [5.74, 6) is -7.38. The van der Waals surface area contributed by atoms with Crippen LogP contribution < -0.4 is 59.7 Å². The first-order valence-electron chi connectivity index (χ1n) is 25.9. The van der Waals surface area contributed by atoms with Crippen molar-refractivity contribution in [2.75, 3.05) is 18.1 Å². The van der Waals surface area contributed by atoms with Gasteiger partial charge in [0.1, 0.15) is 48.3 Å². The number of carbonyl (C=O) groups is 9. The molecule has 0 unspecified atom stereocenters. The molecule has 16 N–H and O–H groups in total. The highest BCUT2D eigenvalue weighted by Gasteiger charge is 2.35. The van der Waals surface area contributed by atoms with Crippen LogP contribution in [-0.4, -0.2) is 140 Å². The van der Waals surface area contributed by atoms with Gasteiger partial charge in [0.25, 0.3) is 0 Å². The Labute approximate surface area is 464 Å². The van der Waals surface area contributed by atoms with E-state index in [1.54, 1.807) is 12.3 Å². The van der Waals surface area contributed by atoms with Crippen LogP contribution in [0.3, 0.4) is 0 Å². The van der Waals surface area contributed by atoms with Gasteiger partial charge in [0, 0.05) is 73.2 Å². The number of nitrogens with zero attached hydrogens (tertiary/aromatic N) is 2. The van der Waals surface area contributed by atoms with Crippen molar-refractivity contribution in [3.05, 3.63) is 102 Å². The van der Waals surface area contributed by atoms with E-state index in [1.165, 1.54) is 26.4 Å². The molecule has 3 aromatic carbocycles. The summed E-state index contributed by atoms with van der Waals surface area (Å²) in [7, 11) is 2.09. The Bertz CT molecular complexity index is 2990. The van der Waals surface area contributed by atoms with Gasteiger partial charge in [0.2, 0.25) is 53.2 Å². The van der Waals surface area contributed by atoms with Crippen LogP contribution in [0, 0.1) is 0 Å². The molecule has 6 rings (SSSR count). The molecule has 79 heavy (non-hydrogen) atoms. The van der Waals surface area contributed by atoms with Crippen LogP contribution in [0.1, 0.15) is 69.7 Å². The van der Waals surface area contributed by atoms with Crippen molar-refractivity contribution in [3.8, 4) is 0 Å². The van der Waals surface area contributed by atoms with Crippen molar-refractivity contribution in [2.24, 2.45) is 22.2 Å². The lowest BCUT2D eigenvalue weighted by molar-refractivity contribution is -0.135. The van der Waals surface area contributed by atoms with E-state index in [4.69, 9.17) is 17.2 Å². The molecule has 0 aliphatic carbocycles. The largest absolute Gasteiger partial charge is 0.370 e. The van der Waals surface area contributed by atoms with Crippen molar-refractivity contribution in [1.29, 1.82) is 0 Å². The van der Waals surface area contributed by atoms with Gasteiger partial charge in [-0.15, -0.1) is 0 Å². The van der Waals surface area contributed by atoms with Crippen molar-refractivity contribution in [2.45, 2.75) is 120 Å². The van der Waals surface area contributed by atoms with Crippen molar-refractivity contribution in [3.63, 3.8) is 0 Å². The predicted molar refractivity (Wildman–Crippen MR) is 302 cm³/mol. The second-order valence-electron chi connectivity index (χ2n) is 19.1. The maximum Gasteiger partial charge on any atom is 0.244 e. The summed E-state index contributed by atoms with van der Waals surface area (Å²) in [6, 6.07) is 9.87. The number of H-pyrrole nitrogens is 2. The van der Waals surface area contributed by atoms with Crippen LogP contribution in [0.4, 0.5) is 0 Å². The van der Waals surface area contributed by atoms with Gasteiger partial charge in [0.15, 0.2) is 5.96 Å². The second-order valence-corrected chi connectivity index (χ2v) is 21.7. The van der Waals surface area contributed by atoms with Crippen LogP contribution in [-0.2, 0) is 62.4 Å². The van der Waals surface area contributed by atoms with E-state index in [0.717, 1.165) is 43.3 Å². The van der Waals surface area contributed by atoms with Crippen LogP contribution in [0.2, 0.25) is 0 Å². The highest BCUT2D eigenvalue weighted by Crippen LogP contribution is 2.25. The second kappa shape index (κ2) is 29.6. The number of amides is 9.